The van der Waals surface area contributed by atoms with Crippen LogP contribution in [0.4, 0.5) is 8.78 Å². The lowest BCUT2D eigenvalue weighted by atomic mass is 10.1. The van der Waals surface area contributed by atoms with E-state index in [1.807, 2.05) is 6.07 Å². The van der Waals surface area contributed by atoms with E-state index in [2.05, 4.69) is 0 Å². The molecule has 0 aliphatic rings. The number of benzene rings is 1. The predicted octanol–water partition coefficient (Wildman–Crippen LogP) is 2.27. The second kappa shape index (κ2) is 6.70. The van der Waals surface area contributed by atoms with Gasteiger partial charge in [0.1, 0.15) is 11.6 Å². The molecule has 0 aliphatic heterocycles. The molecule has 3 nitrogen and oxygen atoms in total. The van der Waals surface area contributed by atoms with Gasteiger partial charge in [-0.25, -0.2) is 8.78 Å². The Morgan fingerprint density at radius 2 is 2.00 bits per heavy atom. The van der Waals surface area contributed by atoms with Crippen LogP contribution >= 0.6 is 0 Å². The third kappa shape index (κ3) is 3.52. The van der Waals surface area contributed by atoms with Crippen molar-refractivity contribution in [2.24, 2.45) is 0 Å². The van der Waals surface area contributed by atoms with Gasteiger partial charge in [0, 0.05) is 18.7 Å². The largest absolute Gasteiger partial charge is 0.342 e. The van der Waals surface area contributed by atoms with Crippen LogP contribution in [0.25, 0.3) is 0 Å². The first-order valence-electron chi connectivity index (χ1n) is 5.67. The van der Waals surface area contributed by atoms with Crippen molar-refractivity contribution >= 4 is 5.91 Å². The van der Waals surface area contributed by atoms with Crippen LogP contribution in [0.1, 0.15) is 18.9 Å². The molecule has 0 radical (unpaired) electrons. The summed E-state index contributed by atoms with van der Waals surface area (Å²) in [5.74, 6) is -1.82. The highest BCUT2D eigenvalue weighted by atomic mass is 19.1. The van der Waals surface area contributed by atoms with Crippen molar-refractivity contribution in [3.8, 4) is 6.07 Å². The Morgan fingerprint density at radius 1 is 1.39 bits per heavy atom. The minimum absolute atomic E-state index is 0.208. The van der Waals surface area contributed by atoms with E-state index in [4.69, 9.17) is 5.26 Å². The van der Waals surface area contributed by atoms with Gasteiger partial charge in [-0.1, -0.05) is 6.07 Å². The molecule has 1 rings (SSSR count). The van der Waals surface area contributed by atoms with Gasteiger partial charge in [0.15, 0.2) is 0 Å². The lowest BCUT2D eigenvalue weighted by Crippen LogP contribution is -2.33. The Hall–Kier alpha value is -1.96. The molecule has 0 saturated heterocycles. The Kier molecular flexibility index (Phi) is 5.25. The minimum Gasteiger partial charge on any atom is -0.342 e. The number of amides is 1. The molecule has 5 heteroatoms. The maximum absolute atomic E-state index is 13.4. The molecular formula is C13H14F2N2O. The molecule has 0 N–H and O–H groups in total. The maximum Gasteiger partial charge on any atom is 0.227 e. The van der Waals surface area contributed by atoms with Crippen LogP contribution in [0.5, 0.6) is 0 Å². The van der Waals surface area contributed by atoms with Crippen molar-refractivity contribution in [2.45, 2.75) is 19.8 Å². The molecule has 0 spiro atoms. The van der Waals surface area contributed by atoms with Gasteiger partial charge in [0.05, 0.1) is 18.9 Å². The van der Waals surface area contributed by atoms with Crippen molar-refractivity contribution in [3.63, 3.8) is 0 Å². The molecule has 0 bridgehead atoms. The summed E-state index contributed by atoms with van der Waals surface area (Å²) in [5, 5.41) is 8.46. The Labute approximate surface area is 105 Å². The summed E-state index contributed by atoms with van der Waals surface area (Å²) in [5.41, 5.74) is -0.224. The third-order valence-corrected chi connectivity index (χ3v) is 2.62. The quantitative estimate of drug-likeness (QED) is 0.806. The Bertz CT molecular complexity index is 448. The molecule has 0 fully saturated rings. The average Bonchev–Trinajstić information content (AvgIpc) is 2.35. The number of nitriles is 1. The van der Waals surface area contributed by atoms with Gasteiger partial charge < -0.3 is 4.90 Å². The lowest BCUT2D eigenvalue weighted by Gasteiger charge is -2.19. The first-order chi connectivity index (χ1) is 8.60. The topological polar surface area (TPSA) is 44.1 Å². The fourth-order valence-electron chi connectivity index (χ4n) is 1.61. The predicted molar refractivity (Wildman–Crippen MR) is 62.5 cm³/mol. The van der Waals surface area contributed by atoms with Crippen molar-refractivity contribution in [1.29, 1.82) is 5.26 Å². The van der Waals surface area contributed by atoms with Crippen molar-refractivity contribution in [1.82, 2.24) is 4.90 Å². The van der Waals surface area contributed by atoms with Crippen LogP contribution in [0, 0.1) is 23.0 Å². The summed E-state index contributed by atoms with van der Waals surface area (Å²) >= 11 is 0. The number of rotatable bonds is 5. The summed E-state index contributed by atoms with van der Waals surface area (Å²) in [4.78, 5) is 13.2. The van der Waals surface area contributed by atoms with E-state index in [1.165, 1.54) is 11.0 Å². The third-order valence-electron chi connectivity index (χ3n) is 2.62. The first kappa shape index (κ1) is 14.1. The molecule has 0 atom stereocenters. The number of halogens is 2. The number of likely N-dealkylation sites (N-methyl/N-ethyl adjacent to an activating group) is 1. The SMILES string of the molecule is CCN(CCC#N)C(=O)Cc1c(F)cccc1F. The van der Waals surface area contributed by atoms with Crippen LogP contribution in [-0.2, 0) is 11.2 Å². The summed E-state index contributed by atoms with van der Waals surface area (Å²) in [6.07, 6.45) is -0.114. The van der Waals surface area contributed by atoms with Crippen LogP contribution in [0.15, 0.2) is 18.2 Å². The zero-order valence-corrected chi connectivity index (χ0v) is 10.1. The van der Waals surface area contributed by atoms with E-state index in [-0.39, 0.29) is 30.9 Å². The Balaban J connectivity index is 2.77. The molecule has 96 valence electrons. The highest BCUT2D eigenvalue weighted by Gasteiger charge is 2.17. The monoisotopic (exact) mass is 252 g/mol. The van der Waals surface area contributed by atoms with Crippen LogP contribution < -0.4 is 0 Å². The van der Waals surface area contributed by atoms with Crippen molar-refractivity contribution in [2.75, 3.05) is 13.1 Å². The van der Waals surface area contributed by atoms with Gasteiger partial charge in [-0.05, 0) is 19.1 Å². The van der Waals surface area contributed by atoms with Crippen molar-refractivity contribution in [3.05, 3.63) is 35.4 Å². The number of carbonyl (C=O) groups excluding carboxylic acids is 1. The van der Waals surface area contributed by atoms with Gasteiger partial charge in [0.2, 0.25) is 5.91 Å². The number of hydrogen-bond donors (Lipinski definition) is 0. The molecule has 0 aliphatic carbocycles. The van der Waals surface area contributed by atoms with Crippen LogP contribution in [-0.4, -0.2) is 23.9 Å². The molecule has 0 heterocycles. The fourth-order valence-corrected chi connectivity index (χ4v) is 1.61. The highest BCUT2D eigenvalue weighted by Crippen LogP contribution is 2.13. The van der Waals surface area contributed by atoms with E-state index in [1.54, 1.807) is 6.92 Å². The van der Waals surface area contributed by atoms with E-state index in [9.17, 15) is 13.6 Å². The second-order valence-corrected chi connectivity index (χ2v) is 3.76. The summed E-state index contributed by atoms with van der Waals surface area (Å²) in [7, 11) is 0. The smallest absolute Gasteiger partial charge is 0.227 e. The fraction of sp³-hybridized carbons (Fsp3) is 0.385. The molecule has 1 aromatic carbocycles. The maximum atomic E-state index is 13.4. The van der Waals surface area contributed by atoms with Crippen LogP contribution in [0.2, 0.25) is 0 Å². The van der Waals surface area contributed by atoms with Gasteiger partial charge in [0.25, 0.3) is 0 Å². The highest BCUT2D eigenvalue weighted by molar-refractivity contribution is 5.78. The molecule has 0 unspecified atom stereocenters. The molecule has 0 saturated carbocycles. The van der Waals surface area contributed by atoms with Gasteiger partial charge in [-0.2, -0.15) is 5.26 Å². The number of nitrogens with zero attached hydrogens (tertiary/aromatic N) is 2. The first-order valence-corrected chi connectivity index (χ1v) is 5.67. The zero-order valence-electron chi connectivity index (χ0n) is 10.1. The molecular weight excluding hydrogens is 238 g/mol. The van der Waals surface area contributed by atoms with E-state index in [0.717, 1.165) is 12.1 Å². The van der Waals surface area contributed by atoms with Crippen LogP contribution in [0.3, 0.4) is 0 Å². The van der Waals surface area contributed by atoms with Gasteiger partial charge in [-0.15, -0.1) is 0 Å². The summed E-state index contributed by atoms with van der Waals surface area (Å²) in [6, 6.07) is 5.43. The standard InChI is InChI=1S/C13H14F2N2O/c1-2-17(8-4-7-16)13(18)9-10-11(14)5-3-6-12(10)15/h3,5-6H,2,4,8-9H2,1H3. The summed E-state index contributed by atoms with van der Waals surface area (Å²) in [6.45, 7) is 2.45. The van der Waals surface area contributed by atoms with E-state index in [0.29, 0.717) is 6.54 Å². The summed E-state index contributed by atoms with van der Waals surface area (Å²) < 4.78 is 26.7. The van der Waals surface area contributed by atoms with E-state index < -0.39 is 11.6 Å². The van der Waals surface area contributed by atoms with E-state index >= 15 is 0 Å². The average molecular weight is 252 g/mol. The number of hydrogen-bond acceptors (Lipinski definition) is 2. The molecule has 18 heavy (non-hydrogen) atoms. The second-order valence-electron chi connectivity index (χ2n) is 3.76. The zero-order chi connectivity index (χ0) is 13.5. The number of carbonyl (C=O) groups is 1. The van der Waals surface area contributed by atoms with Crippen molar-refractivity contribution < 1.29 is 13.6 Å². The molecule has 1 aromatic rings. The minimum atomic E-state index is -0.723. The Morgan fingerprint density at radius 3 is 2.50 bits per heavy atom. The van der Waals surface area contributed by atoms with Gasteiger partial charge in [-0.3, -0.25) is 4.79 Å². The molecule has 1 amide bonds. The molecule has 0 aromatic heterocycles. The lowest BCUT2D eigenvalue weighted by molar-refractivity contribution is -0.130. The van der Waals surface area contributed by atoms with Gasteiger partial charge >= 0.3 is 0 Å². The normalized spacial score (nSPS) is 9.89.